The monoisotopic (exact) mass is 233 g/mol. The molecule has 0 amide bonds. The number of methoxy groups -OCH3 is 1. The van der Waals surface area contributed by atoms with E-state index in [9.17, 15) is 0 Å². The van der Waals surface area contributed by atoms with Gasteiger partial charge in [-0.05, 0) is 55.8 Å². The highest BCUT2D eigenvalue weighted by atomic mass is 16.5. The van der Waals surface area contributed by atoms with E-state index in [1.54, 1.807) is 7.11 Å². The van der Waals surface area contributed by atoms with E-state index in [1.165, 1.54) is 24.8 Å². The Morgan fingerprint density at radius 2 is 2.24 bits per heavy atom. The first kappa shape index (κ1) is 12.4. The van der Waals surface area contributed by atoms with Gasteiger partial charge in [0.15, 0.2) is 0 Å². The van der Waals surface area contributed by atoms with E-state index in [-0.39, 0.29) is 0 Å². The van der Waals surface area contributed by atoms with Gasteiger partial charge in [0.1, 0.15) is 5.75 Å². The summed E-state index contributed by atoms with van der Waals surface area (Å²) < 4.78 is 5.24. The van der Waals surface area contributed by atoms with Gasteiger partial charge in [0.25, 0.3) is 0 Å². The number of rotatable bonds is 7. The molecule has 1 fully saturated rings. The van der Waals surface area contributed by atoms with Crippen molar-refractivity contribution in [1.82, 2.24) is 5.32 Å². The molecule has 0 aromatic heterocycles. The first-order chi connectivity index (χ1) is 8.28. The van der Waals surface area contributed by atoms with Crippen molar-refractivity contribution >= 4 is 0 Å². The predicted molar refractivity (Wildman–Crippen MR) is 71.5 cm³/mol. The number of hydrogen-bond acceptors (Lipinski definition) is 2. The minimum Gasteiger partial charge on any atom is -0.497 e. The van der Waals surface area contributed by atoms with Crippen molar-refractivity contribution < 1.29 is 4.74 Å². The van der Waals surface area contributed by atoms with E-state index in [0.717, 1.165) is 30.7 Å². The Balaban J connectivity index is 1.73. The van der Waals surface area contributed by atoms with Gasteiger partial charge in [-0.3, -0.25) is 0 Å². The summed E-state index contributed by atoms with van der Waals surface area (Å²) in [6.45, 7) is 3.49. The second-order valence-corrected chi connectivity index (χ2v) is 5.18. The number of ether oxygens (including phenoxy) is 1. The van der Waals surface area contributed by atoms with Crippen LogP contribution in [-0.2, 0) is 6.42 Å². The predicted octanol–water partition coefficient (Wildman–Crippen LogP) is 3.02. The zero-order valence-electron chi connectivity index (χ0n) is 10.9. The Morgan fingerprint density at radius 1 is 1.41 bits per heavy atom. The third-order valence-electron chi connectivity index (χ3n) is 3.37. The summed E-state index contributed by atoms with van der Waals surface area (Å²) in [5.41, 5.74) is 1.38. The first-order valence-electron chi connectivity index (χ1n) is 6.64. The molecule has 0 aliphatic heterocycles. The van der Waals surface area contributed by atoms with Crippen molar-refractivity contribution in [2.45, 2.75) is 38.6 Å². The summed E-state index contributed by atoms with van der Waals surface area (Å²) in [6, 6.07) is 9.24. The fourth-order valence-corrected chi connectivity index (χ4v) is 2.13. The molecule has 1 aromatic carbocycles. The zero-order valence-corrected chi connectivity index (χ0v) is 10.9. The first-order valence-corrected chi connectivity index (χ1v) is 6.64. The lowest BCUT2D eigenvalue weighted by molar-refractivity contribution is 0.413. The van der Waals surface area contributed by atoms with E-state index in [2.05, 4.69) is 30.4 Å². The Kier molecular flexibility index (Phi) is 4.43. The van der Waals surface area contributed by atoms with Crippen LogP contribution in [0.3, 0.4) is 0 Å². The van der Waals surface area contributed by atoms with Gasteiger partial charge >= 0.3 is 0 Å². The van der Waals surface area contributed by atoms with Crippen LogP contribution in [0.4, 0.5) is 0 Å². The molecule has 1 atom stereocenters. The minimum atomic E-state index is 0.730. The second kappa shape index (κ2) is 6.06. The van der Waals surface area contributed by atoms with Crippen LogP contribution in [0.25, 0.3) is 0 Å². The van der Waals surface area contributed by atoms with Crippen LogP contribution in [0.1, 0.15) is 31.7 Å². The van der Waals surface area contributed by atoms with Gasteiger partial charge in [-0.1, -0.05) is 19.1 Å². The average molecular weight is 233 g/mol. The van der Waals surface area contributed by atoms with Crippen molar-refractivity contribution in [2.75, 3.05) is 13.7 Å². The Bertz CT molecular complexity index is 347. The molecule has 0 radical (unpaired) electrons. The van der Waals surface area contributed by atoms with Gasteiger partial charge < -0.3 is 10.1 Å². The smallest absolute Gasteiger partial charge is 0.119 e. The van der Waals surface area contributed by atoms with E-state index in [1.807, 2.05) is 6.07 Å². The molecule has 1 N–H and O–H groups in total. The molecule has 1 saturated carbocycles. The summed E-state index contributed by atoms with van der Waals surface area (Å²) in [6.07, 6.45) is 5.16. The molecule has 2 nitrogen and oxygen atoms in total. The van der Waals surface area contributed by atoms with Gasteiger partial charge in [-0.25, -0.2) is 0 Å². The normalized spacial score (nSPS) is 16.8. The molecule has 0 bridgehead atoms. The van der Waals surface area contributed by atoms with Gasteiger partial charge in [0.05, 0.1) is 7.11 Å². The summed E-state index contributed by atoms with van der Waals surface area (Å²) in [4.78, 5) is 0. The van der Waals surface area contributed by atoms with Gasteiger partial charge in [-0.2, -0.15) is 0 Å². The fourth-order valence-electron chi connectivity index (χ4n) is 2.13. The molecule has 1 aromatic rings. The van der Waals surface area contributed by atoms with Gasteiger partial charge in [-0.15, -0.1) is 0 Å². The summed E-state index contributed by atoms with van der Waals surface area (Å²) in [5, 5.41) is 3.57. The molecule has 1 aliphatic rings. The molecule has 0 spiro atoms. The van der Waals surface area contributed by atoms with Crippen LogP contribution in [0.5, 0.6) is 5.75 Å². The van der Waals surface area contributed by atoms with Crippen molar-refractivity contribution in [3.8, 4) is 5.75 Å². The molecule has 0 saturated heterocycles. The molecular weight excluding hydrogens is 210 g/mol. The lowest BCUT2D eigenvalue weighted by Gasteiger charge is -2.12. The van der Waals surface area contributed by atoms with Crippen molar-refractivity contribution in [1.29, 1.82) is 0 Å². The lowest BCUT2D eigenvalue weighted by atomic mass is 9.98. The molecule has 2 heteroatoms. The summed E-state index contributed by atoms with van der Waals surface area (Å²) >= 11 is 0. The number of hydrogen-bond donors (Lipinski definition) is 1. The number of benzene rings is 1. The SMILES string of the molecule is COc1cccc(CC(C)CCNC2CC2)c1. The minimum absolute atomic E-state index is 0.730. The average Bonchev–Trinajstić information content (AvgIpc) is 3.13. The summed E-state index contributed by atoms with van der Waals surface area (Å²) in [7, 11) is 1.72. The topological polar surface area (TPSA) is 21.3 Å². The number of nitrogens with one attached hydrogen (secondary N) is 1. The maximum atomic E-state index is 5.24. The van der Waals surface area contributed by atoms with Crippen molar-refractivity contribution in [2.24, 2.45) is 5.92 Å². The van der Waals surface area contributed by atoms with Crippen molar-refractivity contribution in [3.05, 3.63) is 29.8 Å². The molecule has 94 valence electrons. The van der Waals surface area contributed by atoms with Crippen LogP contribution in [-0.4, -0.2) is 19.7 Å². The largest absolute Gasteiger partial charge is 0.497 e. The van der Waals surface area contributed by atoms with Crippen molar-refractivity contribution in [3.63, 3.8) is 0 Å². The van der Waals surface area contributed by atoms with Gasteiger partial charge in [0, 0.05) is 6.04 Å². The maximum absolute atomic E-state index is 5.24. The fraction of sp³-hybridized carbons (Fsp3) is 0.600. The maximum Gasteiger partial charge on any atom is 0.119 e. The van der Waals surface area contributed by atoms with Crippen LogP contribution < -0.4 is 10.1 Å². The standard InChI is InChI=1S/C15H23NO/c1-12(8-9-16-14-6-7-14)10-13-4-3-5-15(11-13)17-2/h3-5,11-12,14,16H,6-10H2,1-2H3. The second-order valence-electron chi connectivity index (χ2n) is 5.18. The Labute approximate surface area is 104 Å². The molecule has 1 unspecified atom stereocenters. The molecule has 0 heterocycles. The highest BCUT2D eigenvalue weighted by Gasteiger charge is 2.19. The van der Waals surface area contributed by atoms with Crippen LogP contribution in [0.2, 0.25) is 0 Å². The third kappa shape index (κ3) is 4.39. The van der Waals surface area contributed by atoms with Crippen LogP contribution >= 0.6 is 0 Å². The molecule has 1 aliphatic carbocycles. The highest BCUT2D eigenvalue weighted by molar-refractivity contribution is 5.28. The van der Waals surface area contributed by atoms with Crippen LogP contribution in [0.15, 0.2) is 24.3 Å². The van der Waals surface area contributed by atoms with Crippen LogP contribution in [0, 0.1) is 5.92 Å². The van der Waals surface area contributed by atoms with Gasteiger partial charge in [0.2, 0.25) is 0 Å². The van der Waals surface area contributed by atoms with E-state index >= 15 is 0 Å². The lowest BCUT2D eigenvalue weighted by Crippen LogP contribution is -2.20. The van der Waals surface area contributed by atoms with E-state index in [0.29, 0.717) is 0 Å². The van der Waals surface area contributed by atoms with E-state index < -0.39 is 0 Å². The van der Waals surface area contributed by atoms with E-state index in [4.69, 9.17) is 4.74 Å². The highest BCUT2D eigenvalue weighted by Crippen LogP contribution is 2.20. The third-order valence-corrected chi connectivity index (χ3v) is 3.37. The molecule has 17 heavy (non-hydrogen) atoms. The Hall–Kier alpha value is -1.02. The molecular formula is C15H23NO. The summed E-state index contributed by atoms with van der Waals surface area (Å²) in [5.74, 6) is 1.69. The molecule has 2 rings (SSSR count). The quantitative estimate of drug-likeness (QED) is 0.781. The zero-order chi connectivity index (χ0) is 12.1. The Morgan fingerprint density at radius 3 is 2.94 bits per heavy atom.